The van der Waals surface area contributed by atoms with Crippen molar-refractivity contribution < 1.29 is 4.74 Å². The normalized spacial score (nSPS) is 23.2. The quantitative estimate of drug-likeness (QED) is 0.642. The lowest BCUT2D eigenvalue weighted by Crippen LogP contribution is -2.45. The van der Waals surface area contributed by atoms with Gasteiger partial charge >= 0.3 is 0 Å². The van der Waals surface area contributed by atoms with Crippen molar-refractivity contribution in [1.82, 2.24) is 10.2 Å². The summed E-state index contributed by atoms with van der Waals surface area (Å²) in [4.78, 5) is 2.61. The van der Waals surface area contributed by atoms with Crippen molar-refractivity contribution in [3.8, 4) is 0 Å². The fourth-order valence-electron chi connectivity index (χ4n) is 2.58. The van der Waals surface area contributed by atoms with E-state index in [4.69, 9.17) is 4.74 Å². The van der Waals surface area contributed by atoms with E-state index in [1.807, 2.05) is 0 Å². The maximum Gasteiger partial charge on any atom is 0.0702 e. The lowest BCUT2D eigenvalue weighted by atomic mass is 10.0. The molecule has 3 nitrogen and oxygen atoms in total. The molecule has 0 aromatic heterocycles. The van der Waals surface area contributed by atoms with E-state index in [2.05, 4.69) is 31.0 Å². The highest BCUT2D eigenvalue weighted by atomic mass is 16.5. The van der Waals surface area contributed by atoms with Crippen molar-refractivity contribution in [2.75, 3.05) is 32.8 Å². The molecule has 0 saturated carbocycles. The monoisotopic (exact) mass is 256 g/mol. The van der Waals surface area contributed by atoms with Crippen molar-refractivity contribution in [3.63, 3.8) is 0 Å². The van der Waals surface area contributed by atoms with E-state index in [9.17, 15) is 0 Å². The highest BCUT2D eigenvalue weighted by molar-refractivity contribution is 4.78. The molecule has 108 valence electrons. The molecule has 1 aliphatic rings. The Hall–Kier alpha value is -0.120. The van der Waals surface area contributed by atoms with Crippen molar-refractivity contribution in [2.45, 2.75) is 65.0 Å². The number of rotatable bonds is 9. The minimum Gasteiger partial charge on any atom is -0.377 e. The van der Waals surface area contributed by atoms with Gasteiger partial charge in [0.2, 0.25) is 0 Å². The predicted molar refractivity (Wildman–Crippen MR) is 78.1 cm³/mol. The van der Waals surface area contributed by atoms with Gasteiger partial charge < -0.3 is 10.1 Å². The maximum atomic E-state index is 5.90. The first kappa shape index (κ1) is 15.9. The highest BCUT2D eigenvalue weighted by Gasteiger charge is 2.23. The summed E-state index contributed by atoms with van der Waals surface area (Å²) < 4.78 is 5.90. The zero-order valence-electron chi connectivity index (χ0n) is 12.6. The average Bonchev–Trinajstić information content (AvgIpc) is 2.41. The predicted octanol–water partition coefficient (Wildman–Crippen LogP) is 2.66. The van der Waals surface area contributed by atoms with Crippen molar-refractivity contribution in [3.05, 3.63) is 0 Å². The van der Waals surface area contributed by atoms with Gasteiger partial charge in [0, 0.05) is 19.2 Å². The van der Waals surface area contributed by atoms with Crippen LogP contribution in [0.3, 0.4) is 0 Å². The molecule has 0 aromatic rings. The van der Waals surface area contributed by atoms with Gasteiger partial charge in [0.05, 0.1) is 6.10 Å². The Morgan fingerprint density at radius 2 is 2.11 bits per heavy atom. The Labute approximate surface area is 113 Å². The van der Waals surface area contributed by atoms with Gasteiger partial charge in [0.15, 0.2) is 0 Å². The molecule has 1 saturated heterocycles. The molecule has 1 N–H and O–H groups in total. The Morgan fingerprint density at radius 1 is 1.28 bits per heavy atom. The van der Waals surface area contributed by atoms with Crippen molar-refractivity contribution in [2.24, 2.45) is 0 Å². The Balaban J connectivity index is 2.18. The summed E-state index contributed by atoms with van der Waals surface area (Å²) in [6.45, 7) is 12.4. The summed E-state index contributed by atoms with van der Waals surface area (Å²) in [5.41, 5.74) is 0. The SMILES string of the molecule is CCCNCCC(C)N1CCCC(OCCC)C1. The number of hydrogen-bond acceptors (Lipinski definition) is 3. The summed E-state index contributed by atoms with van der Waals surface area (Å²) in [7, 11) is 0. The number of likely N-dealkylation sites (tertiary alicyclic amines) is 1. The van der Waals surface area contributed by atoms with E-state index < -0.39 is 0 Å². The summed E-state index contributed by atoms with van der Waals surface area (Å²) in [5, 5.41) is 3.49. The van der Waals surface area contributed by atoms with E-state index in [-0.39, 0.29) is 0 Å². The third-order valence-electron chi connectivity index (χ3n) is 3.76. The van der Waals surface area contributed by atoms with Crippen molar-refractivity contribution >= 4 is 0 Å². The van der Waals surface area contributed by atoms with Crippen molar-refractivity contribution in [1.29, 1.82) is 0 Å². The second-order valence-electron chi connectivity index (χ2n) is 5.52. The van der Waals surface area contributed by atoms with Gasteiger partial charge in [0.25, 0.3) is 0 Å². The summed E-state index contributed by atoms with van der Waals surface area (Å²) >= 11 is 0. The summed E-state index contributed by atoms with van der Waals surface area (Å²) in [5.74, 6) is 0. The van der Waals surface area contributed by atoms with Crippen LogP contribution < -0.4 is 5.32 Å². The minimum absolute atomic E-state index is 0.477. The first-order valence-corrected chi connectivity index (χ1v) is 7.84. The average molecular weight is 256 g/mol. The largest absolute Gasteiger partial charge is 0.377 e. The van der Waals surface area contributed by atoms with Crippen LogP contribution in [0.2, 0.25) is 0 Å². The molecular formula is C15H32N2O. The van der Waals surface area contributed by atoms with Gasteiger partial charge in [-0.1, -0.05) is 13.8 Å². The van der Waals surface area contributed by atoms with Crippen LogP contribution in [-0.4, -0.2) is 49.8 Å². The molecule has 2 unspecified atom stereocenters. The molecule has 1 heterocycles. The topological polar surface area (TPSA) is 24.5 Å². The molecule has 1 aliphatic heterocycles. The molecule has 0 spiro atoms. The van der Waals surface area contributed by atoms with Crippen LogP contribution in [0.5, 0.6) is 0 Å². The number of nitrogens with one attached hydrogen (secondary N) is 1. The molecular weight excluding hydrogens is 224 g/mol. The number of nitrogens with zero attached hydrogens (tertiary/aromatic N) is 1. The van der Waals surface area contributed by atoms with E-state index in [0.717, 1.165) is 32.7 Å². The first-order chi connectivity index (χ1) is 8.77. The molecule has 1 rings (SSSR count). The molecule has 0 aliphatic carbocycles. The number of hydrogen-bond donors (Lipinski definition) is 1. The standard InChI is InChI=1S/C15H32N2O/c1-4-9-16-10-8-14(3)17-11-6-7-15(13-17)18-12-5-2/h14-16H,4-13H2,1-3H3. The zero-order chi connectivity index (χ0) is 13.2. The van der Waals surface area contributed by atoms with Crippen LogP contribution in [-0.2, 0) is 4.74 Å². The second-order valence-corrected chi connectivity index (χ2v) is 5.52. The highest BCUT2D eigenvalue weighted by Crippen LogP contribution is 2.17. The molecule has 0 aromatic carbocycles. The summed E-state index contributed by atoms with van der Waals surface area (Å²) in [6.07, 6.45) is 6.63. The lowest BCUT2D eigenvalue weighted by molar-refractivity contribution is -0.0112. The maximum absolute atomic E-state index is 5.90. The third kappa shape index (κ3) is 6.17. The molecule has 0 amide bonds. The van der Waals surface area contributed by atoms with E-state index >= 15 is 0 Å². The van der Waals surface area contributed by atoms with Crippen LogP contribution in [0, 0.1) is 0 Å². The Bertz CT molecular complexity index is 199. The van der Waals surface area contributed by atoms with E-state index in [1.165, 1.54) is 32.2 Å². The lowest BCUT2D eigenvalue weighted by Gasteiger charge is -2.36. The zero-order valence-corrected chi connectivity index (χ0v) is 12.6. The molecule has 3 heteroatoms. The van der Waals surface area contributed by atoms with Gasteiger partial charge in [-0.3, -0.25) is 4.90 Å². The van der Waals surface area contributed by atoms with Gasteiger partial charge in [-0.25, -0.2) is 0 Å². The van der Waals surface area contributed by atoms with Gasteiger partial charge in [-0.15, -0.1) is 0 Å². The number of ether oxygens (including phenoxy) is 1. The Morgan fingerprint density at radius 3 is 2.83 bits per heavy atom. The van der Waals surface area contributed by atoms with Crippen LogP contribution in [0.15, 0.2) is 0 Å². The van der Waals surface area contributed by atoms with Gasteiger partial charge in [-0.05, 0) is 58.7 Å². The second kappa shape index (κ2) is 9.76. The summed E-state index contributed by atoms with van der Waals surface area (Å²) in [6, 6.07) is 0.683. The molecule has 18 heavy (non-hydrogen) atoms. The van der Waals surface area contributed by atoms with Crippen LogP contribution in [0.4, 0.5) is 0 Å². The fraction of sp³-hybridized carbons (Fsp3) is 1.00. The van der Waals surface area contributed by atoms with E-state index in [0.29, 0.717) is 12.1 Å². The third-order valence-corrected chi connectivity index (χ3v) is 3.76. The molecule has 0 radical (unpaired) electrons. The Kier molecular flexibility index (Phi) is 8.64. The van der Waals surface area contributed by atoms with Gasteiger partial charge in [0.1, 0.15) is 0 Å². The fourth-order valence-corrected chi connectivity index (χ4v) is 2.58. The first-order valence-electron chi connectivity index (χ1n) is 7.84. The minimum atomic E-state index is 0.477. The van der Waals surface area contributed by atoms with Crippen LogP contribution >= 0.6 is 0 Å². The smallest absolute Gasteiger partial charge is 0.0702 e. The van der Waals surface area contributed by atoms with Gasteiger partial charge in [-0.2, -0.15) is 0 Å². The van der Waals surface area contributed by atoms with Crippen LogP contribution in [0.1, 0.15) is 52.9 Å². The molecule has 1 fully saturated rings. The van der Waals surface area contributed by atoms with Crippen LogP contribution in [0.25, 0.3) is 0 Å². The molecule has 0 bridgehead atoms. The number of piperidine rings is 1. The molecule has 2 atom stereocenters. The van der Waals surface area contributed by atoms with E-state index in [1.54, 1.807) is 0 Å².